The third-order valence-electron chi connectivity index (χ3n) is 6.08. The lowest BCUT2D eigenvalue weighted by Gasteiger charge is -2.37. The predicted octanol–water partition coefficient (Wildman–Crippen LogP) is 2.41. The smallest absolute Gasteiger partial charge is 0.251 e. The maximum atomic E-state index is 13.2. The number of nitrogens with one attached hydrogen (secondary N) is 1. The second kappa shape index (κ2) is 8.63. The van der Waals surface area contributed by atoms with Gasteiger partial charge in [-0.2, -0.15) is 0 Å². The highest BCUT2D eigenvalue weighted by Gasteiger charge is 2.38. The lowest BCUT2D eigenvalue weighted by Crippen LogP contribution is -2.49. The Labute approximate surface area is 154 Å². The number of rotatable bonds is 4. The van der Waals surface area contributed by atoms with Gasteiger partial charge in [0.2, 0.25) is 11.8 Å². The van der Waals surface area contributed by atoms with Crippen LogP contribution in [0.4, 0.5) is 8.78 Å². The first-order valence-electron chi connectivity index (χ1n) is 10.1. The summed E-state index contributed by atoms with van der Waals surface area (Å²) in [6.07, 6.45) is 6.79. The number of likely N-dealkylation sites (tertiary alicyclic amines) is 2. The predicted molar refractivity (Wildman–Crippen MR) is 94.9 cm³/mol. The zero-order valence-electron chi connectivity index (χ0n) is 15.5. The Morgan fingerprint density at radius 2 is 1.54 bits per heavy atom. The number of halogens is 2. The lowest BCUT2D eigenvalue weighted by atomic mass is 9.93. The maximum absolute atomic E-state index is 13.2. The van der Waals surface area contributed by atoms with E-state index in [1.165, 1.54) is 19.3 Å². The third kappa shape index (κ3) is 5.38. The summed E-state index contributed by atoms with van der Waals surface area (Å²) >= 11 is 0. The highest BCUT2D eigenvalue weighted by atomic mass is 19.3. The number of hydrogen-bond donors (Lipinski definition) is 1. The summed E-state index contributed by atoms with van der Waals surface area (Å²) in [6.45, 7) is 2.16. The molecule has 1 N–H and O–H groups in total. The van der Waals surface area contributed by atoms with Crippen molar-refractivity contribution in [1.82, 2.24) is 15.1 Å². The second-order valence-corrected chi connectivity index (χ2v) is 8.13. The van der Waals surface area contributed by atoms with E-state index in [2.05, 4.69) is 10.2 Å². The second-order valence-electron chi connectivity index (χ2n) is 8.13. The number of carbonyl (C=O) groups excluding carboxylic acids is 2. The number of piperidine rings is 2. The van der Waals surface area contributed by atoms with E-state index in [0.717, 1.165) is 25.9 Å². The standard InChI is InChI=1S/C19H31F2N3O2/c20-19(21)8-12-24(13-9-19)18(26)15-6-10-23(11-7-15)14-17(25)22-16-4-2-1-3-5-16/h15-16H,1-14H2,(H,22,25). The van der Waals surface area contributed by atoms with Crippen LogP contribution >= 0.6 is 0 Å². The van der Waals surface area contributed by atoms with E-state index in [9.17, 15) is 18.4 Å². The molecule has 7 heteroatoms. The van der Waals surface area contributed by atoms with E-state index in [1.54, 1.807) is 4.90 Å². The molecule has 2 saturated heterocycles. The molecule has 0 radical (unpaired) electrons. The van der Waals surface area contributed by atoms with Gasteiger partial charge in [-0.3, -0.25) is 14.5 Å². The molecule has 3 rings (SSSR count). The van der Waals surface area contributed by atoms with Crippen LogP contribution in [0.3, 0.4) is 0 Å². The van der Waals surface area contributed by atoms with Gasteiger partial charge in [0.15, 0.2) is 0 Å². The van der Waals surface area contributed by atoms with E-state index in [0.29, 0.717) is 25.4 Å². The van der Waals surface area contributed by atoms with Gasteiger partial charge in [0.1, 0.15) is 0 Å². The van der Waals surface area contributed by atoms with Gasteiger partial charge in [0.25, 0.3) is 5.92 Å². The summed E-state index contributed by atoms with van der Waals surface area (Å²) in [5.74, 6) is -2.60. The van der Waals surface area contributed by atoms with E-state index < -0.39 is 5.92 Å². The molecule has 1 saturated carbocycles. The molecule has 26 heavy (non-hydrogen) atoms. The quantitative estimate of drug-likeness (QED) is 0.826. The van der Waals surface area contributed by atoms with Gasteiger partial charge in [-0.1, -0.05) is 19.3 Å². The maximum Gasteiger partial charge on any atom is 0.251 e. The molecule has 0 bridgehead atoms. The van der Waals surface area contributed by atoms with Crippen molar-refractivity contribution in [3.63, 3.8) is 0 Å². The normalized spacial score (nSPS) is 25.8. The summed E-state index contributed by atoms with van der Waals surface area (Å²) < 4.78 is 26.5. The summed E-state index contributed by atoms with van der Waals surface area (Å²) in [5.41, 5.74) is 0. The largest absolute Gasteiger partial charge is 0.352 e. The Kier molecular flexibility index (Phi) is 6.48. The van der Waals surface area contributed by atoms with Crippen molar-refractivity contribution in [2.45, 2.75) is 69.8 Å². The Hall–Kier alpha value is -1.24. The Morgan fingerprint density at radius 1 is 0.923 bits per heavy atom. The van der Waals surface area contributed by atoms with Crippen LogP contribution in [0.5, 0.6) is 0 Å². The molecule has 0 spiro atoms. The zero-order valence-corrected chi connectivity index (χ0v) is 15.5. The van der Waals surface area contributed by atoms with Gasteiger partial charge in [-0.15, -0.1) is 0 Å². The van der Waals surface area contributed by atoms with E-state index >= 15 is 0 Å². The van der Waals surface area contributed by atoms with Crippen molar-refractivity contribution < 1.29 is 18.4 Å². The molecular weight excluding hydrogens is 340 g/mol. The first-order valence-corrected chi connectivity index (χ1v) is 10.1. The molecule has 0 aromatic heterocycles. The lowest BCUT2D eigenvalue weighted by molar-refractivity contribution is -0.143. The zero-order chi connectivity index (χ0) is 18.6. The van der Waals surface area contributed by atoms with Gasteiger partial charge in [-0.25, -0.2) is 8.78 Å². The Balaban J connectivity index is 1.37. The highest BCUT2D eigenvalue weighted by Crippen LogP contribution is 2.29. The van der Waals surface area contributed by atoms with Crippen molar-refractivity contribution in [1.29, 1.82) is 0 Å². The van der Waals surface area contributed by atoms with Crippen molar-refractivity contribution in [2.75, 3.05) is 32.7 Å². The molecule has 0 atom stereocenters. The monoisotopic (exact) mass is 371 g/mol. The fourth-order valence-corrected chi connectivity index (χ4v) is 4.37. The molecular formula is C19H31F2N3O2. The number of carbonyl (C=O) groups is 2. The van der Waals surface area contributed by atoms with Gasteiger partial charge in [0.05, 0.1) is 6.54 Å². The fourth-order valence-electron chi connectivity index (χ4n) is 4.37. The van der Waals surface area contributed by atoms with E-state index in [-0.39, 0.29) is 43.7 Å². The average molecular weight is 371 g/mol. The molecule has 1 aliphatic carbocycles. The molecule has 148 valence electrons. The van der Waals surface area contributed by atoms with Crippen LogP contribution in [-0.4, -0.2) is 66.3 Å². The first-order chi connectivity index (χ1) is 12.4. The molecule has 3 fully saturated rings. The SMILES string of the molecule is O=C(CN1CCC(C(=O)N2CCC(F)(F)CC2)CC1)NC1CCCCC1. The number of nitrogens with zero attached hydrogens (tertiary/aromatic N) is 2. The van der Waals surface area contributed by atoms with E-state index in [1.807, 2.05) is 0 Å². The topological polar surface area (TPSA) is 52.7 Å². The van der Waals surface area contributed by atoms with E-state index in [4.69, 9.17) is 0 Å². The van der Waals surface area contributed by atoms with Crippen LogP contribution in [0, 0.1) is 5.92 Å². The molecule has 2 aliphatic heterocycles. The van der Waals surface area contributed by atoms with Crippen molar-refractivity contribution >= 4 is 11.8 Å². The Morgan fingerprint density at radius 3 is 2.15 bits per heavy atom. The number of alkyl halides is 2. The van der Waals surface area contributed by atoms with Crippen molar-refractivity contribution in [3.05, 3.63) is 0 Å². The van der Waals surface area contributed by atoms with Crippen molar-refractivity contribution in [3.8, 4) is 0 Å². The molecule has 3 aliphatic rings. The third-order valence-corrected chi connectivity index (χ3v) is 6.08. The van der Waals surface area contributed by atoms with Gasteiger partial charge < -0.3 is 10.2 Å². The van der Waals surface area contributed by atoms with Gasteiger partial charge >= 0.3 is 0 Å². The van der Waals surface area contributed by atoms with Crippen LogP contribution < -0.4 is 5.32 Å². The number of hydrogen-bond acceptors (Lipinski definition) is 3. The Bertz CT molecular complexity index is 491. The number of amides is 2. The molecule has 0 aromatic rings. The van der Waals surface area contributed by atoms with Gasteiger partial charge in [0, 0.05) is 37.9 Å². The van der Waals surface area contributed by atoms with Crippen LogP contribution in [0.1, 0.15) is 57.8 Å². The summed E-state index contributed by atoms with van der Waals surface area (Å²) in [6, 6.07) is 0.326. The van der Waals surface area contributed by atoms with Crippen LogP contribution in [0.25, 0.3) is 0 Å². The molecule has 2 heterocycles. The summed E-state index contributed by atoms with van der Waals surface area (Å²) in [5, 5.41) is 3.13. The molecule has 2 amide bonds. The highest BCUT2D eigenvalue weighted by molar-refractivity contribution is 5.80. The summed E-state index contributed by atoms with van der Waals surface area (Å²) in [4.78, 5) is 28.5. The minimum Gasteiger partial charge on any atom is -0.352 e. The average Bonchev–Trinajstić information content (AvgIpc) is 2.62. The molecule has 5 nitrogen and oxygen atoms in total. The molecule has 0 unspecified atom stereocenters. The molecule has 0 aromatic carbocycles. The minimum absolute atomic E-state index is 0.0202. The summed E-state index contributed by atoms with van der Waals surface area (Å²) in [7, 11) is 0. The van der Waals surface area contributed by atoms with Crippen molar-refractivity contribution in [2.24, 2.45) is 5.92 Å². The fraction of sp³-hybridized carbons (Fsp3) is 0.895. The van der Waals surface area contributed by atoms with Crippen LogP contribution in [0.15, 0.2) is 0 Å². The minimum atomic E-state index is -2.62. The first kappa shape index (κ1) is 19.5. The van der Waals surface area contributed by atoms with Gasteiger partial charge in [-0.05, 0) is 38.8 Å². The van der Waals surface area contributed by atoms with Crippen LogP contribution in [0.2, 0.25) is 0 Å². The van der Waals surface area contributed by atoms with Crippen LogP contribution in [-0.2, 0) is 9.59 Å².